The molecule has 24 heavy (non-hydrogen) atoms. The summed E-state index contributed by atoms with van der Waals surface area (Å²) in [6, 6.07) is 11.2. The summed E-state index contributed by atoms with van der Waals surface area (Å²) in [6.45, 7) is 2.57. The number of nitrogens with one attached hydrogen (secondary N) is 1. The Morgan fingerprint density at radius 1 is 1.04 bits per heavy atom. The van der Waals surface area contributed by atoms with Crippen molar-refractivity contribution in [3.8, 4) is 0 Å². The number of aromatic amines is 1. The van der Waals surface area contributed by atoms with Crippen molar-refractivity contribution in [3.05, 3.63) is 35.5 Å². The van der Waals surface area contributed by atoms with Crippen LogP contribution in [0.1, 0.15) is 43.0 Å². The summed E-state index contributed by atoms with van der Waals surface area (Å²) in [4.78, 5) is 9.47. The van der Waals surface area contributed by atoms with Gasteiger partial charge in [0.25, 0.3) is 0 Å². The van der Waals surface area contributed by atoms with Crippen molar-refractivity contribution in [2.24, 2.45) is 11.8 Å². The van der Waals surface area contributed by atoms with E-state index in [1.165, 1.54) is 56.1 Å². The Morgan fingerprint density at radius 2 is 1.96 bits per heavy atom. The van der Waals surface area contributed by atoms with Gasteiger partial charge in [0, 0.05) is 35.2 Å². The lowest BCUT2D eigenvalue weighted by atomic mass is 9.61. The molecule has 5 aliphatic rings. The molecular weight excluding hydrogens is 294 g/mol. The zero-order chi connectivity index (χ0) is 15.8. The smallest absolute Gasteiger partial charge is 0.0547 e. The Bertz CT molecular complexity index is 793. The molecule has 3 nitrogen and oxygen atoms in total. The monoisotopic (exact) mass is 321 g/mol. The van der Waals surface area contributed by atoms with E-state index in [0.29, 0.717) is 6.04 Å². The molecule has 0 amide bonds. The van der Waals surface area contributed by atoms with Crippen molar-refractivity contribution in [2.45, 2.75) is 50.2 Å². The van der Waals surface area contributed by atoms with E-state index in [1.54, 1.807) is 11.3 Å². The van der Waals surface area contributed by atoms with Gasteiger partial charge >= 0.3 is 0 Å². The fourth-order valence-corrected chi connectivity index (χ4v) is 6.91. The second-order valence-electron chi connectivity index (χ2n) is 8.58. The highest BCUT2D eigenvalue weighted by molar-refractivity contribution is 5.85. The van der Waals surface area contributed by atoms with E-state index in [2.05, 4.69) is 46.1 Å². The minimum absolute atomic E-state index is 0.640. The normalized spacial score (nSPS) is 38.8. The number of para-hydroxylation sites is 1. The molecule has 1 aromatic heterocycles. The predicted octanol–water partition coefficient (Wildman–Crippen LogP) is 3.57. The van der Waals surface area contributed by atoms with Crippen molar-refractivity contribution in [2.75, 3.05) is 20.1 Å². The molecule has 3 saturated heterocycles. The minimum Gasteiger partial charge on any atom is -0.357 e. The standard InChI is InChI=1S/C21H27N3/c1-23-11-4-6-15-18-9-8-16(20(15)23)21-19-14(10-12-24(18)21)13-5-2-3-7-17(13)22-19/h2-3,5,7,15-16,18,20-22H,4,6,8-12H2,1H3/t15-,16?,18?,20-,21+/m1/s1. The number of aromatic nitrogens is 1. The van der Waals surface area contributed by atoms with E-state index >= 15 is 0 Å². The lowest BCUT2D eigenvalue weighted by Crippen LogP contribution is -2.67. The van der Waals surface area contributed by atoms with E-state index in [0.717, 1.165) is 23.9 Å². The molecule has 3 heteroatoms. The first kappa shape index (κ1) is 13.9. The number of hydrogen-bond donors (Lipinski definition) is 1. The number of H-pyrrole nitrogens is 1. The van der Waals surface area contributed by atoms with Crippen molar-refractivity contribution in [1.82, 2.24) is 14.8 Å². The predicted molar refractivity (Wildman–Crippen MR) is 97.1 cm³/mol. The summed E-state index contributed by atoms with van der Waals surface area (Å²) in [5, 5.41) is 1.47. The number of nitrogens with zero attached hydrogens (tertiary/aromatic N) is 2. The fraction of sp³-hybridized carbons (Fsp3) is 0.619. The third-order valence-electron chi connectivity index (χ3n) is 7.68. The van der Waals surface area contributed by atoms with Gasteiger partial charge in [0.15, 0.2) is 0 Å². The first-order valence-corrected chi connectivity index (χ1v) is 9.88. The zero-order valence-electron chi connectivity index (χ0n) is 14.5. The summed E-state index contributed by atoms with van der Waals surface area (Å²) in [6.07, 6.45) is 6.94. The van der Waals surface area contributed by atoms with Crippen LogP contribution in [0, 0.1) is 11.8 Å². The molecular formula is C21H27N3. The molecule has 2 aromatic rings. The SMILES string of the molecule is CN1CCC[C@@H]2C3CCC([C@H]4c5[nH]c6ccccc6c5CCN34)[C@@H]21. The Hall–Kier alpha value is -1.32. The third kappa shape index (κ3) is 1.65. The van der Waals surface area contributed by atoms with Crippen LogP contribution in [0.4, 0.5) is 0 Å². The van der Waals surface area contributed by atoms with Gasteiger partial charge in [-0.1, -0.05) is 18.2 Å². The molecule has 5 heterocycles. The molecule has 7 rings (SSSR count). The van der Waals surface area contributed by atoms with Crippen LogP contribution in [0.2, 0.25) is 0 Å². The van der Waals surface area contributed by atoms with Crippen molar-refractivity contribution >= 4 is 10.9 Å². The molecule has 2 unspecified atom stereocenters. The van der Waals surface area contributed by atoms with Gasteiger partial charge in [0.1, 0.15) is 0 Å². The van der Waals surface area contributed by atoms with Crippen LogP contribution in [0.15, 0.2) is 24.3 Å². The Balaban J connectivity index is 1.50. The summed E-state index contributed by atoms with van der Waals surface area (Å²) in [7, 11) is 2.39. The Morgan fingerprint density at radius 3 is 2.92 bits per heavy atom. The summed E-state index contributed by atoms with van der Waals surface area (Å²) < 4.78 is 0. The Labute approximate surface area is 144 Å². The molecule has 5 atom stereocenters. The molecule has 2 bridgehead atoms. The number of rotatable bonds is 0. The number of benzene rings is 1. The average molecular weight is 321 g/mol. The first-order chi connectivity index (χ1) is 11.8. The quantitative estimate of drug-likeness (QED) is 0.801. The van der Waals surface area contributed by atoms with Crippen LogP contribution in [-0.2, 0) is 6.42 Å². The van der Waals surface area contributed by atoms with Crippen molar-refractivity contribution in [3.63, 3.8) is 0 Å². The Kier molecular flexibility index (Phi) is 2.82. The maximum atomic E-state index is 3.85. The van der Waals surface area contributed by atoms with Crippen molar-refractivity contribution < 1.29 is 0 Å². The van der Waals surface area contributed by atoms with Crippen LogP contribution >= 0.6 is 0 Å². The van der Waals surface area contributed by atoms with Gasteiger partial charge in [-0.15, -0.1) is 0 Å². The van der Waals surface area contributed by atoms with Crippen molar-refractivity contribution in [1.29, 1.82) is 0 Å². The summed E-state index contributed by atoms with van der Waals surface area (Å²) in [5.41, 5.74) is 4.53. The highest BCUT2D eigenvalue weighted by Gasteiger charge is 2.56. The van der Waals surface area contributed by atoms with E-state index in [1.807, 2.05) is 0 Å². The molecule has 126 valence electrons. The van der Waals surface area contributed by atoms with Crippen LogP contribution in [0.5, 0.6) is 0 Å². The maximum absolute atomic E-state index is 3.85. The number of hydrogen-bond acceptors (Lipinski definition) is 2. The van der Waals surface area contributed by atoms with Gasteiger partial charge in [-0.05, 0) is 69.2 Å². The number of fused-ring (bicyclic) bond motifs is 4. The van der Waals surface area contributed by atoms with Gasteiger partial charge in [-0.2, -0.15) is 0 Å². The molecule has 1 aliphatic carbocycles. The highest BCUT2D eigenvalue weighted by Crippen LogP contribution is 2.55. The van der Waals surface area contributed by atoms with E-state index in [-0.39, 0.29) is 0 Å². The highest BCUT2D eigenvalue weighted by atomic mass is 15.3. The van der Waals surface area contributed by atoms with Gasteiger partial charge in [0.05, 0.1) is 6.04 Å². The van der Waals surface area contributed by atoms with Crippen LogP contribution in [0.25, 0.3) is 10.9 Å². The summed E-state index contributed by atoms with van der Waals surface area (Å²) >= 11 is 0. The van der Waals surface area contributed by atoms with E-state index < -0.39 is 0 Å². The molecule has 4 aliphatic heterocycles. The van der Waals surface area contributed by atoms with Gasteiger partial charge in [0.2, 0.25) is 0 Å². The second-order valence-corrected chi connectivity index (χ2v) is 8.58. The second kappa shape index (κ2) is 4.86. The summed E-state index contributed by atoms with van der Waals surface area (Å²) in [5.74, 6) is 1.74. The molecule has 1 N–H and O–H groups in total. The molecule has 0 radical (unpaired) electrons. The first-order valence-electron chi connectivity index (χ1n) is 9.88. The van der Waals surface area contributed by atoms with Gasteiger partial charge in [-0.25, -0.2) is 0 Å². The van der Waals surface area contributed by atoms with E-state index in [4.69, 9.17) is 0 Å². The number of likely N-dealkylation sites (tertiary alicyclic amines) is 1. The minimum atomic E-state index is 0.640. The molecule has 1 aromatic carbocycles. The zero-order valence-corrected chi connectivity index (χ0v) is 14.5. The lowest BCUT2D eigenvalue weighted by molar-refractivity contribution is -0.127. The van der Waals surface area contributed by atoms with Gasteiger partial charge < -0.3 is 9.88 Å². The van der Waals surface area contributed by atoms with Gasteiger partial charge in [-0.3, -0.25) is 4.90 Å². The van der Waals surface area contributed by atoms with Crippen LogP contribution in [-0.4, -0.2) is 47.0 Å². The maximum Gasteiger partial charge on any atom is 0.0547 e. The van der Waals surface area contributed by atoms with Crippen LogP contribution < -0.4 is 0 Å². The topological polar surface area (TPSA) is 22.3 Å². The largest absolute Gasteiger partial charge is 0.357 e. The molecule has 4 fully saturated rings. The average Bonchev–Trinajstić information content (AvgIpc) is 3.01. The molecule has 1 saturated carbocycles. The number of piperidine rings is 3. The van der Waals surface area contributed by atoms with E-state index in [9.17, 15) is 0 Å². The fourth-order valence-electron chi connectivity index (χ4n) is 6.91. The van der Waals surface area contributed by atoms with Crippen LogP contribution in [0.3, 0.4) is 0 Å². The molecule has 0 spiro atoms. The third-order valence-corrected chi connectivity index (χ3v) is 7.68. The lowest BCUT2D eigenvalue weighted by Gasteiger charge is -2.63.